The van der Waals surface area contributed by atoms with Gasteiger partial charge in [0.2, 0.25) is 0 Å². The largest absolute Gasteiger partial charge is 0.465 e. The zero-order valence-electron chi connectivity index (χ0n) is 10.6. The van der Waals surface area contributed by atoms with Gasteiger partial charge in [0.25, 0.3) is 0 Å². The highest BCUT2D eigenvalue weighted by molar-refractivity contribution is 7.99. The van der Waals surface area contributed by atoms with E-state index in [0.29, 0.717) is 18.7 Å². The summed E-state index contributed by atoms with van der Waals surface area (Å²) in [5.74, 6) is 0.390. The van der Waals surface area contributed by atoms with E-state index in [4.69, 9.17) is 5.73 Å². The molecule has 1 saturated heterocycles. The first-order valence-corrected chi connectivity index (χ1v) is 7.23. The molecule has 0 radical (unpaired) electrons. The van der Waals surface area contributed by atoms with Crippen molar-refractivity contribution in [3.63, 3.8) is 0 Å². The number of piperidine rings is 1. The molecule has 104 valence electrons. The molecule has 1 fully saturated rings. The molecule has 3 atom stereocenters. The molecule has 1 aromatic rings. The minimum absolute atomic E-state index is 0.150. The Balaban J connectivity index is 2.22. The molecule has 1 aliphatic heterocycles. The van der Waals surface area contributed by atoms with Crippen molar-refractivity contribution in [3.8, 4) is 0 Å². The van der Waals surface area contributed by atoms with E-state index in [9.17, 15) is 9.90 Å². The van der Waals surface area contributed by atoms with Gasteiger partial charge in [-0.2, -0.15) is 0 Å². The van der Waals surface area contributed by atoms with E-state index in [-0.39, 0.29) is 17.6 Å². The lowest BCUT2D eigenvalue weighted by molar-refractivity contribution is 0.194. The molecule has 2 heterocycles. The van der Waals surface area contributed by atoms with Gasteiger partial charge in [-0.15, -0.1) is 11.8 Å². The Kier molecular flexibility index (Phi) is 4.56. The lowest BCUT2D eigenvalue weighted by atomic mass is 10.0. The van der Waals surface area contributed by atoms with Gasteiger partial charge in [-0.1, -0.05) is 0 Å². The van der Waals surface area contributed by atoms with Gasteiger partial charge in [-0.05, 0) is 25.2 Å². The highest BCUT2D eigenvalue weighted by Crippen LogP contribution is 2.26. The number of anilines is 1. The van der Waals surface area contributed by atoms with Crippen LogP contribution in [0.3, 0.4) is 0 Å². The summed E-state index contributed by atoms with van der Waals surface area (Å²) in [5.41, 5.74) is 5.93. The Bertz CT molecular complexity index is 432. The van der Waals surface area contributed by atoms with E-state index in [0.717, 1.165) is 0 Å². The van der Waals surface area contributed by atoms with Crippen molar-refractivity contribution >= 4 is 23.7 Å². The Morgan fingerprint density at radius 3 is 3.00 bits per heavy atom. The van der Waals surface area contributed by atoms with Crippen LogP contribution >= 0.6 is 11.8 Å². The summed E-state index contributed by atoms with van der Waals surface area (Å²) < 4.78 is 0. The molecular formula is C11H17N5O2S. The van der Waals surface area contributed by atoms with Crippen molar-refractivity contribution in [2.75, 3.05) is 11.2 Å². The van der Waals surface area contributed by atoms with Crippen LogP contribution in [0.5, 0.6) is 0 Å². The van der Waals surface area contributed by atoms with Crippen molar-refractivity contribution in [1.29, 1.82) is 0 Å². The van der Waals surface area contributed by atoms with Crippen LogP contribution in [0.2, 0.25) is 0 Å². The smallest absolute Gasteiger partial charge is 0.413 e. The number of hydrogen-bond donors (Lipinski definition) is 3. The van der Waals surface area contributed by atoms with Crippen LogP contribution < -0.4 is 16.0 Å². The molecule has 0 spiro atoms. The van der Waals surface area contributed by atoms with Crippen LogP contribution in [0.25, 0.3) is 0 Å². The maximum Gasteiger partial charge on any atom is 0.413 e. The molecule has 1 aliphatic rings. The van der Waals surface area contributed by atoms with Crippen molar-refractivity contribution in [3.05, 3.63) is 18.6 Å². The van der Waals surface area contributed by atoms with Crippen LogP contribution in [0.15, 0.2) is 18.6 Å². The molecule has 19 heavy (non-hydrogen) atoms. The normalized spacial score (nSPS) is 26.9. The van der Waals surface area contributed by atoms with Gasteiger partial charge in [-0.25, -0.2) is 14.8 Å². The van der Waals surface area contributed by atoms with Crippen molar-refractivity contribution < 1.29 is 9.90 Å². The first-order chi connectivity index (χ1) is 9.11. The average molecular weight is 283 g/mol. The predicted octanol–water partition coefficient (Wildman–Crippen LogP) is 0.687. The van der Waals surface area contributed by atoms with Gasteiger partial charge >= 0.3 is 6.09 Å². The Labute approximate surface area is 115 Å². The number of rotatable bonds is 3. The monoisotopic (exact) mass is 283 g/mol. The van der Waals surface area contributed by atoms with Crippen LogP contribution in [-0.2, 0) is 0 Å². The zero-order chi connectivity index (χ0) is 13.8. The second kappa shape index (κ2) is 6.18. The molecule has 3 unspecified atom stereocenters. The Morgan fingerprint density at radius 1 is 1.63 bits per heavy atom. The Morgan fingerprint density at radius 2 is 2.42 bits per heavy atom. The summed E-state index contributed by atoms with van der Waals surface area (Å²) in [6.07, 6.45) is 4.89. The third-order valence-electron chi connectivity index (χ3n) is 3.08. The van der Waals surface area contributed by atoms with Gasteiger partial charge < -0.3 is 10.8 Å². The summed E-state index contributed by atoms with van der Waals surface area (Å²) in [6.45, 7) is 0. The van der Waals surface area contributed by atoms with Crippen LogP contribution in [0.4, 0.5) is 10.6 Å². The molecule has 0 saturated carbocycles. The molecule has 0 aliphatic carbocycles. The lowest BCUT2D eigenvalue weighted by Gasteiger charge is -2.38. The number of nitrogens with one attached hydrogen (secondary N) is 1. The van der Waals surface area contributed by atoms with Gasteiger partial charge in [0.1, 0.15) is 12.1 Å². The SMILES string of the molecule is CSC1CC(N(C(=O)O)c2ccncn2)CC(N)N1. The molecule has 2 rings (SSSR count). The quantitative estimate of drug-likeness (QED) is 0.749. The number of thioether (sulfide) groups is 1. The number of carboxylic acid groups (broad SMARTS) is 1. The van der Waals surface area contributed by atoms with Crippen molar-refractivity contribution in [2.45, 2.75) is 30.4 Å². The van der Waals surface area contributed by atoms with Crippen LogP contribution in [0, 0.1) is 0 Å². The fourth-order valence-electron chi connectivity index (χ4n) is 2.25. The third-order valence-corrected chi connectivity index (χ3v) is 3.98. The summed E-state index contributed by atoms with van der Waals surface area (Å²) in [5, 5.41) is 12.8. The summed E-state index contributed by atoms with van der Waals surface area (Å²) in [6, 6.07) is 1.41. The van der Waals surface area contributed by atoms with E-state index in [1.54, 1.807) is 17.8 Å². The number of aromatic nitrogens is 2. The fraction of sp³-hybridized carbons (Fsp3) is 0.545. The summed E-state index contributed by atoms with van der Waals surface area (Å²) in [7, 11) is 0. The molecule has 7 nitrogen and oxygen atoms in total. The van der Waals surface area contributed by atoms with E-state index < -0.39 is 6.09 Å². The van der Waals surface area contributed by atoms with Gasteiger partial charge in [0, 0.05) is 12.2 Å². The predicted molar refractivity (Wildman–Crippen MR) is 74.0 cm³/mol. The molecule has 8 heteroatoms. The number of nitrogens with two attached hydrogens (primary N) is 1. The van der Waals surface area contributed by atoms with Crippen molar-refractivity contribution in [1.82, 2.24) is 15.3 Å². The van der Waals surface area contributed by atoms with E-state index in [2.05, 4.69) is 15.3 Å². The topological polar surface area (TPSA) is 104 Å². The molecule has 1 aromatic heterocycles. The molecular weight excluding hydrogens is 266 g/mol. The standard InChI is InChI=1S/C11H17N5O2S/c1-19-10-5-7(4-8(12)15-10)16(11(17)18)9-2-3-13-6-14-9/h2-3,6-8,10,15H,4-5,12H2,1H3,(H,17,18). The summed E-state index contributed by atoms with van der Waals surface area (Å²) in [4.78, 5) is 20.6. The van der Waals surface area contributed by atoms with Gasteiger partial charge in [-0.3, -0.25) is 10.2 Å². The minimum Gasteiger partial charge on any atom is -0.465 e. The first-order valence-electron chi connectivity index (χ1n) is 5.94. The Hall–Kier alpha value is -1.38. The molecule has 1 amide bonds. The van der Waals surface area contributed by atoms with E-state index in [1.807, 2.05) is 6.26 Å². The minimum atomic E-state index is -1.02. The maximum atomic E-state index is 11.5. The number of carbonyl (C=O) groups is 1. The van der Waals surface area contributed by atoms with Crippen LogP contribution in [0.1, 0.15) is 12.8 Å². The summed E-state index contributed by atoms with van der Waals surface area (Å²) >= 11 is 1.63. The number of hydrogen-bond acceptors (Lipinski definition) is 6. The van der Waals surface area contributed by atoms with Crippen molar-refractivity contribution in [2.24, 2.45) is 5.73 Å². The second-order valence-electron chi connectivity index (χ2n) is 4.34. The number of nitrogens with zero attached hydrogens (tertiary/aromatic N) is 3. The van der Waals surface area contributed by atoms with E-state index >= 15 is 0 Å². The highest BCUT2D eigenvalue weighted by Gasteiger charge is 2.33. The molecule has 0 aromatic carbocycles. The maximum absolute atomic E-state index is 11.5. The first kappa shape index (κ1) is 14.0. The second-order valence-corrected chi connectivity index (χ2v) is 5.38. The zero-order valence-corrected chi connectivity index (χ0v) is 11.4. The highest BCUT2D eigenvalue weighted by atomic mass is 32.2. The molecule has 0 bridgehead atoms. The van der Waals surface area contributed by atoms with Crippen LogP contribution in [-0.4, -0.2) is 45.0 Å². The van der Waals surface area contributed by atoms with Gasteiger partial charge in [0.15, 0.2) is 0 Å². The fourth-order valence-corrected chi connectivity index (χ4v) is 2.98. The number of amides is 1. The third kappa shape index (κ3) is 3.34. The van der Waals surface area contributed by atoms with Gasteiger partial charge in [0.05, 0.1) is 11.5 Å². The van der Waals surface area contributed by atoms with E-state index in [1.165, 1.54) is 17.4 Å². The average Bonchev–Trinajstić information content (AvgIpc) is 2.39. The lowest BCUT2D eigenvalue weighted by Crippen LogP contribution is -2.56. The molecule has 4 N–H and O–H groups in total.